The van der Waals surface area contributed by atoms with E-state index in [-0.39, 0.29) is 5.56 Å². The SMILES string of the molecule is CC/C(Br)=C\C=C(/C)NC(c1ccc(-c2ccc(C(=O)OC)cc2)cc1)C(F)(F)F. The van der Waals surface area contributed by atoms with Gasteiger partial charge in [0.2, 0.25) is 0 Å². The molecular weight excluding hydrogens is 459 g/mol. The summed E-state index contributed by atoms with van der Waals surface area (Å²) in [6, 6.07) is 11.1. The fourth-order valence-electron chi connectivity index (χ4n) is 2.75. The van der Waals surface area contributed by atoms with Crippen molar-refractivity contribution in [3.63, 3.8) is 0 Å². The maximum atomic E-state index is 13.7. The summed E-state index contributed by atoms with van der Waals surface area (Å²) in [5.41, 5.74) is 2.47. The molecule has 2 aromatic carbocycles. The predicted octanol–water partition coefficient (Wildman–Crippen LogP) is 6.93. The minimum absolute atomic E-state index is 0.115. The van der Waals surface area contributed by atoms with Crippen LogP contribution in [-0.2, 0) is 4.74 Å². The summed E-state index contributed by atoms with van der Waals surface area (Å²) in [5, 5.41) is 2.56. The molecule has 0 amide bonds. The third-order valence-electron chi connectivity index (χ3n) is 4.43. The van der Waals surface area contributed by atoms with Gasteiger partial charge in [-0.3, -0.25) is 0 Å². The molecule has 160 valence electrons. The minimum atomic E-state index is -4.45. The van der Waals surface area contributed by atoms with Crippen LogP contribution in [0.5, 0.6) is 0 Å². The number of rotatable bonds is 7. The maximum absolute atomic E-state index is 13.7. The maximum Gasteiger partial charge on any atom is 0.412 e. The van der Waals surface area contributed by atoms with Crippen molar-refractivity contribution >= 4 is 21.9 Å². The average molecular weight is 482 g/mol. The number of ether oxygens (including phenoxy) is 1. The van der Waals surface area contributed by atoms with E-state index in [1.54, 1.807) is 55.5 Å². The molecule has 0 fully saturated rings. The summed E-state index contributed by atoms with van der Waals surface area (Å²) in [7, 11) is 1.30. The molecule has 0 saturated carbocycles. The Morgan fingerprint density at radius 2 is 1.60 bits per heavy atom. The van der Waals surface area contributed by atoms with Crippen molar-refractivity contribution in [2.45, 2.75) is 32.5 Å². The van der Waals surface area contributed by atoms with E-state index in [4.69, 9.17) is 0 Å². The van der Waals surface area contributed by atoms with Gasteiger partial charge in [-0.25, -0.2) is 4.79 Å². The van der Waals surface area contributed by atoms with Gasteiger partial charge in [0.05, 0.1) is 12.7 Å². The summed E-state index contributed by atoms with van der Waals surface area (Å²) in [6.07, 6.45) is -0.348. The van der Waals surface area contributed by atoms with E-state index in [0.29, 0.717) is 11.3 Å². The predicted molar refractivity (Wildman–Crippen MR) is 116 cm³/mol. The van der Waals surface area contributed by atoms with Gasteiger partial charge in [-0.05, 0) is 52.7 Å². The van der Waals surface area contributed by atoms with E-state index in [0.717, 1.165) is 22.0 Å². The molecule has 0 bridgehead atoms. The molecule has 0 radical (unpaired) electrons. The number of methoxy groups -OCH3 is 1. The highest BCUT2D eigenvalue weighted by Gasteiger charge is 2.40. The van der Waals surface area contributed by atoms with Crippen LogP contribution in [0.1, 0.15) is 42.2 Å². The molecule has 3 nitrogen and oxygen atoms in total. The first-order valence-corrected chi connectivity index (χ1v) is 10.1. The largest absolute Gasteiger partial charge is 0.465 e. The standard InChI is InChI=1S/C23H23BrF3NO2/c1-4-20(24)14-5-15(2)28-21(23(25,26)27)18-10-6-16(7-11-18)17-8-12-19(13-9-17)22(29)30-3/h5-14,21,28H,4H2,1-3H3/b15-5+,20-14+. The zero-order valence-corrected chi connectivity index (χ0v) is 18.5. The van der Waals surface area contributed by atoms with Crippen LogP contribution in [0, 0.1) is 0 Å². The lowest BCUT2D eigenvalue weighted by molar-refractivity contribution is -0.155. The van der Waals surface area contributed by atoms with Crippen LogP contribution in [0.15, 0.2) is 70.9 Å². The number of benzene rings is 2. The number of nitrogens with one attached hydrogen (secondary N) is 1. The first-order chi connectivity index (χ1) is 14.2. The topological polar surface area (TPSA) is 38.3 Å². The Morgan fingerprint density at radius 1 is 1.07 bits per heavy atom. The normalized spacial score (nSPS) is 13.7. The Morgan fingerprint density at radius 3 is 2.07 bits per heavy atom. The molecule has 0 heterocycles. The number of alkyl halides is 3. The molecular formula is C23H23BrF3NO2. The third-order valence-corrected chi connectivity index (χ3v) is 5.26. The fraction of sp³-hybridized carbons (Fsp3) is 0.261. The Bertz CT molecular complexity index is 917. The number of halogens is 4. The fourth-order valence-corrected chi connectivity index (χ4v) is 2.88. The van der Waals surface area contributed by atoms with Crippen molar-refractivity contribution in [1.29, 1.82) is 0 Å². The van der Waals surface area contributed by atoms with E-state index in [1.165, 1.54) is 19.2 Å². The highest BCUT2D eigenvalue weighted by Crippen LogP contribution is 2.34. The molecule has 1 atom stereocenters. The Balaban J connectivity index is 2.24. The quantitative estimate of drug-likeness (QED) is 0.344. The number of hydrogen-bond donors (Lipinski definition) is 1. The van der Waals surface area contributed by atoms with Crippen LogP contribution in [0.3, 0.4) is 0 Å². The minimum Gasteiger partial charge on any atom is -0.465 e. The Hall–Kier alpha value is -2.54. The zero-order valence-electron chi connectivity index (χ0n) is 16.9. The third kappa shape index (κ3) is 6.49. The van der Waals surface area contributed by atoms with E-state index in [9.17, 15) is 18.0 Å². The van der Waals surface area contributed by atoms with Gasteiger partial charge in [-0.2, -0.15) is 13.2 Å². The van der Waals surface area contributed by atoms with Gasteiger partial charge in [-0.1, -0.05) is 65.3 Å². The molecule has 2 aromatic rings. The summed E-state index contributed by atoms with van der Waals surface area (Å²) >= 11 is 3.34. The van der Waals surface area contributed by atoms with Crippen molar-refractivity contribution in [2.24, 2.45) is 0 Å². The number of esters is 1. The Labute approximate surface area is 182 Å². The molecule has 0 aromatic heterocycles. The molecule has 1 N–H and O–H groups in total. The number of allylic oxidation sites excluding steroid dienone is 4. The van der Waals surface area contributed by atoms with Crippen LogP contribution in [-0.4, -0.2) is 19.3 Å². The molecule has 0 spiro atoms. The van der Waals surface area contributed by atoms with E-state index in [1.807, 2.05) is 6.92 Å². The van der Waals surface area contributed by atoms with Crippen LogP contribution in [0.25, 0.3) is 11.1 Å². The number of carbonyl (C=O) groups excluding carboxylic acids is 1. The average Bonchev–Trinajstić information content (AvgIpc) is 2.74. The summed E-state index contributed by atoms with van der Waals surface area (Å²) in [4.78, 5) is 11.5. The Kier molecular flexibility index (Phi) is 8.29. The lowest BCUT2D eigenvalue weighted by Crippen LogP contribution is -2.33. The molecule has 1 unspecified atom stereocenters. The number of carbonyl (C=O) groups is 1. The van der Waals surface area contributed by atoms with Crippen molar-refractivity contribution in [2.75, 3.05) is 7.11 Å². The molecule has 0 aliphatic rings. The van der Waals surface area contributed by atoms with Crippen molar-refractivity contribution in [3.8, 4) is 11.1 Å². The molecule has 7 heteroatoms. The first kappa shape index (κ1) is 23.7. The van der Waals surface area contributed by atoms with Crippen LogP contribution in [0.4, 0.5) is 13.2 Å². The van der Waals surface area contributed by atoms with Crippen LogP contribution in [0.2, 0.25) is 0 Å². The van der Waals surface area contributed by atoms with Gasteiger partial charge >= 0.3 is 12.1 Å². The summed E-state index contributed by atoms with van der Waals surface area (Å²) in [6.45, 7) is 3.54. The van der Waals surface area contributed by atoms with Gasteiger partial charge < -0.3 is 10.1 Å². The lowest BCUT2D eigenvalue weighted by atomic mass is 9.99. The van der Waals surface area contributed by atoms with Crippen molar-refractivity contribution < 1.29 is 22.7 Å². The van der Waals surface area contributed by atoms with Crippen molar-refractivity contribution in [3.05, 3.63) is 82.0 Å². The molecule has 30 heavy (non-hydrogen) atoms. The van der Waals surface area contributed by atoms with Gasteiger partial charge in [-0.15, -0.1) is 0 Å². The van der Waals surface area contributed by atoms with Gasteiger partial charge in [0, 0.05) is 5.70 Å². The zero-order chi connectivity index (χ0) is 22.3. The number of hydrogen-bond acceptors (Lipinski definition) is 3. The van der Waals surface area contributed by atoms with Gasteiger partial charge in [0.25, 0.3) is 0 Å². The van der Waals surface area contributed by atoms with Gasteiger partial charge in [0.1, 0.15) is 6.04 Å². The second-order valence-electron chi connectivity index (χ2n) is 6.63. The van der Waals surface area contributed by atoms with E-state index < -0.39 is 18.2 Å². The van der Waals surface area contributed by atoms with Crippen LogP contribution >= 0.6 is 15.9 Å². The lowest BCUT2D eigenvalue weighted by Gasteiger charge is -2.23. The van der Waals surface area contributed by atoms with Crippen molar-refractivity contribution in [1.82, 2.24) is 5.32 Å². The molecule has 0 saturated heterocycles. The smallest absolute Gasteiger partial charge is 0.412 e. The highest BCUT2D eigenvalue weighted by atomic mass is 79.9. The molecule has 2 rings (SSSR count). The summed E-state index contributed by atoms with van der Waals surface area (Å²) in [5.74, 6) is -0.444. The van der Waals surface area contributed by atoms with E-state index >= 15 is 0 Å². The van der Waals surface area contributed by atoms with Crippen LogP contribution < -0.4 is 5.32 Å². The highest BCUT2D eigenvalue weighted by molar-refractivity contribution is 9.11. The second kappa shape index (κ2) is 10.5. The van der Waals surface area contributed by atoms with Gasteiger partial charge in [0.15, 0.2) is 0 Å². The second-order valence-corrected chi connectivity index (χ2v) is 7.65. The first-order valence-electron chi connectivity index (χ1n) is 9.30. The summed E-state index contributed by atoms with van der Waals surface area (Å²) < 4.78 is 46.5. The molecule has 0 aliphatic carbocycles. The monoisotopic (exact) mass is 481 g/mol. The molecule has 0 aliphatic heterocycles. The van der Waals surface area contributed by atoms with E-state index in [2.05, 4.69) is 26.0 Å².